The van der Waals surface area contributed by atoms with E-state index in [0.29, 0.717) is 12.1 Å². The third kappa shape index (κ3) is 3.45. The third-order valence-electron chi connectivity index (χ3n) is 7.22. The fraction of sp³-hybridized carbons (Fsp3) is 0.375. The van der Waals surface area contributed by atoms with Crippen LogP contribution in [0.4, 0.5) is 22.7 Å². The molecule has 0 amide bonds. The van der Waals surface area contributed by atoms with Gasteiger partial charge < -0.3 is 15.1 Å². The van der Waals surface area contributed by atoms with E-state index in [-0.39, 0.29) is 0 Å². The summed E-state index contributed by atoms with van der Waals surface area (Å²) in [7, 11) is 2.20. The Morgan fingerprint density at radius 2 is 1.97 bits per heavy atom. The zero-order valence-corrected chi connectivity index (χ0v) is 19.7. The maximum Gasteiger partial charge on any atom is 0.227 e. The Balaban J connectivity index is 1.10. The molecule has 0 saturated carbocycles. The minimum absolute atomic E-state index is 0.505. The van der Waals surface area contributed by atoms with E-state index in [4.69, 9.17) is 9.97 Å². The van der Waals surface area contributed by atoms with Gasteiger partial charge in [0.1, 0.15) is 11.6 Å². The Kier molecular flexibility index (Phi) is 4.63. The van der Waals surface area contributed by atoms with Crippen LogP contribution in [-0.4, -0.2) is 68.6 Å². The first-order valence-electron chi connectivity index (χ1n) is 11.7. The van der Waals surface area contributed by atoms with Gasteiger partial charge >= 0.3 is 0 Å². The molecule has 10 heteroatoms. The molecule has 4 aromatic heterocycles. The van der Waals surface area contributed by atoms with Crippen molar-refractivity contribution < 1.29 is 0 Å². The van der Waals surface area contributed by atoms with Crippen LogP contribution in [0.5, 0.6) is 0 Å². The molecule has 2 saturated heterocycles. The fourth-order valence-electron chi connectivity index (χ4n) is 5.37. The van der Waals surface area contributed by atoms with Crippen LogP contribution in [0.1, 0.15) is 17.5 Å². The van der Waals surface area contributed by atoms with Gasteiger partial charge in [0, 0.05) is 69.1 Å². The molecule has 172 valence electrons. The molecule has 2 atom stereocenters. The van der Waals surface area contributed by atoms with Crippen LogP contribution in [0.3, 0.4) is 0 Å². The normalized spacial score (nSPS) is 21.9. The van der Waals surface area contributed by atoms with Gasteiger partial charge in [-0.2, -0.15) is 4.98 Å². The van der Waals surface area contributed by atoms with Crippen LogP contribution in [0.2, 0.25) is 0 Å². The number of aromatic nitrogens is 5. The molecule has 2 fully saturated rings. The Hall–Kier alpha value is -3.37. The Morgan fingerprint density at radius 3 is 2.85 bits per heavy atom. The van der Waals surface area contributed by atoms with Crippen molar-refractivity contribution >= 4 is 44.3 Å². The Morgan fingerprint density at radius 1 is 1.00 bits per heavy atom. The van der Waals surface area contributed by atoms with Crippen LogP contribution in [-0.2, 0) is 13.0 Å². The highest BCUT2D eigenvalue weighted by Gasteiger charge is 2.42. The van der Waals surface area contributed by atoms with Gasteiger partial charge in [-0.25, -0.2) is 15.0 Å². The Bertz CT molecular complexity index is 1370. The average molecular weight is 472 g/mol. The molecular weight excluding hydrogens is 446 g/mol. The molecule has 7 heterocycles. The molecular formula is C24H25N9S. The minimum atomic E-state index is 0.505. The number of hydrogen-bond acceptors (Lipinski definition) is 10. The van der Waals surface area contributed by atoms with E-state index in [1.54, 1.807) is 11.3 Å². The number of likely N-dealkylation sites (tertiary alicyclic amines) is 1. The lowest BCUT2D eigenvalue weighted by atomic mass is 10.0. The highest BCUT2D eigenvalue weighted by atomic mass is 32.1. The van der Waals surface area contributed by atoms with Crippen molar-refractivity contribution in [3.8, 4) is 0 Å². The molecule has 0 aliphatic carbocycles. The third-order valence-corrected chi connectivity index (χ3v) is 8.29. The number of likely N-dealkylation sites (N-methyl/N-ethyl adjacent to an activating group) is 1. The predicted molar refractivity (Wildman–Crippen MR) is 134 cm³/mol. The van der Waals surface area contributed by atoms with Gasteiger partial charge in [0.25, 0.3) is 0 Å². The number of piperazine rings is 1. The first-order chi connectivity index (χ1) is 16.7. The van der Waals surface area contributed by atoms with Gasteiger partial charge in [-0.15, -0.1) is 0 Å². The minimum Gasteiger partial charge on any atom is -0.343 e. The SMILES string of the molecule is CN1C[C@@H]2C[C@H]1CN2c1nccc(Nc2cc3nc(N4CCc5ccncc5C4)sc3cn2)n1. The number of nitrogens with one attached hydrogen (secondary N) is 1. The molecule has 3 aliphatic heterocycles. The van der Waals surface area contributed by atoms with Crippen molar-refractivity contribution in [2.24, 2.45) is 0 Å². The fourth-order valence-corrected chi connectivity index (χ4v) is 6.31. The lowest BCUT2D eigenvalue weighted by molar-refractivity contribution is 0.291. The molecule has 0 radical (unpaired) electrons. The maximum absolute atomic E-state index is 4.92. The summed E-state index contributed by atoms with van der Waals surface area (Å²) in [6.45, 7) is 3.88. The number of thiazole rings is 1. The standard InChI is InChI=1S/C24H25N9S/c1-31-13-18-8-17(31)14-33(18)23-26-6-3-21(30-23)29-22-9-19-20(11-27-22)34-24(28-19)32-7-4-15-2-5-25-10-16(15)12-32/h2-3,5-6,9-11,17-18H,4,7-8,12-14H2,1H3,(H,26,27,29,30)/t17-,18-/m0/s1. The zero-order chi connectivity index (χ0) is 22.6. The maximum atomic E-state index is 4.92. The second-order valence-electron chi connectivity index (χ2n) is 9.35. The summed E-state index contributed by atoms with van der Waals surface area (Å²) in [5, 5.41) is 4.39. The first kappa shape index (κ1) is 20.0. The van der Waals surface area contributed by atoms with E-state index in [2.05, 4.69) is 48.1 Å². The topological polar surface area (TPSA) is 86.2 Å². The predicted octanol–water partition coefficient (Wildman–Crippen LogP) is 3.08. The summed E-state index contributed by atoms with van der Waals surface area (Å²) in [6.07, 6.45) is 9.78. The number of nitrogens with zero attached hydrogens (tertiary/aromatic N) is 8. The van der Waals surface area contributed by atoms with Crippen molar-refractivity contribution in [2.75, 3.05) is 41.8 Å². The Labute approximate surface area is 201 Å². The molecule has 9 nitrogen and oxygen atoms in total. The highest BCUT2D eigenvalue weighted by Crippen LogP contribution is 2.34. The molecule has 34 heavy (non-hydrogen) atoms. The monoisotopic (exact) mass is 471 g/mol. The van der Waals surface area contributed by atoms with Crippen LogP contribution in [0.15, 0.2) is 43.0 Å². The molecule has 1 N–H and O–H groups in total. The van der Waals surface area contributed by atoms with Gasteiger partial charge in [-0.05, 0) is 43.1 Å². The first-order valence-corrected chi connectivity index (χ1v) is 12.5. The number of fused-ring (bicyclic) bond motifs is 4. The number of anilines is 4. The van der Waals surface area contributed by atoms with Crippen LogP contribution in [0, 0.1) is 0 Å². The molecule has 0 spiro atoms. The molecule has 3 aliphatic rings. The van der Waals surface area contributed by atoms with Crippen LogP contribution >= 0.6 is 11.3 Å². The van der Waals surface area contributed by atoms with E-state index in [1.165, 1.54) is 17.5 Å². The van der Waals surface area contributed by atoms with Gasteiger partial charge in [0.05, 0.1) is 10.2 Å². The van der Waals surface area contributed by atoms with Crippen molar-refractivity contribution in [2.45, 2.75) is 31.5 Å². The highest BCUT2D eigenvalue weighted by molar-refractivity contribution is 7.22. The van der Waals surface area contributed by atoms with Crippen LogP contribution in [0.25, 0.3) is 10.2 Å². The van der Waals surface area contributed by atoms with E-state index in [1.807, 2.05) is 36.9 Å². The number of rotatable bonds is 4. The molecule has 2 bridgehead atoms. The zero-order valence-electron chi connectivity index (χ0n) is 18.9. The summed E-state index contributed by atoms with van der Waals surface area (Å²) in [5.74, 6) is 2.29. The second kappa shape index (κ2) is 7.85. The van der Waals surface area contributed by atoms with Crippen molar-refractivity contribution in [3.63, 3.8) is 0 Å². The smallest absolute Gasteiger partial charge is 0.227 e. The lowest BCUT2D eigenvalue weighted by Gasteiger charge is -2.31. The quantitative estimate of drug-likeness (QED) is 0.482. The van der Waals surface area contributed by atoms with Gasteiger partial charge in [-0.3, -0.25) is 9.88 Å². The van der Waals surface area contributed by atoms with E-state index < -0.39 is 0 Å². The molecule has 0 unspecified atom stereocenters. The van der Waals surface area contributed by atoms with Crippen LogP contribution < -0.4 is 15.1 Å². The number of hydrogen-bond donors (Lipinski definition) is 1. The van der Waals surface area contributed by atoms with Crippen molar-refractivity contribution in [3.05, 3.63) is 54.1 Å². The molecule has 7 rings (SSSR count). The van der Waals surface area contributed by atoms with E-state index in [0.717, 1.165) is 65.5 Å². The summed E-state index contributed by atoms with van der Waals surface area (Å²) in [6, 6.07) is 7.13. The average Bonchev–Trinajstić information content (AvgIpc) is 3.57. The second-order valence-corrected chi connectivity index (χ2v) is 10.4. The molecule has 4 aromatic rings. The summed E-state index contributed by atoms with van der Waals surface area (Å²) in [5.41, 5.74) is 3.62. The van der Waals surface area contributed by atoms with E-state index in [9.17, 15) is 0 Å². The molecule has 0 aromatic carbocycles. The summed E-state index contributed by atoms with van der Waals surface area (Å²) in [4.78, 5) is 30.3. The van der Waals surface area contributed by atoms with E-state index >= 15 is 0 Å². The van der Waals surface area contributed by atoms with Gasteiger partial charge in [0.15, 0.2) is 5.13 Å². The summed E-state index contributed by atoms with van der Waals surface area (Å²) >= 11 is 1.69. The lowest BCUT2D eigenvalue weighted by Crippen LogP contribution is -2.45. The van der Waals surface area contributed by atoms with Crippen molar-refractivity contribution in [1.82, 2.24) is 29.8 Å². The summed E-state index contributed by atoms with van der Waals surface area (Å²) < 4.78 is 1.08. The largest absolute Gasteiger partial charge is 0.343 e. The number of pyridine rings is 2. The van der Waals surface area contributed by atoms with Gasteiger partial charge in [-0.1, -0.05) is 11.3 Å². The van der Waals surface area contributed by atoms with Gasteiger partial charge in [0.2, 0.25) is 5.95 Å². The van der Waals surface area contributed by atoms with Crippen molar-refractivity contribution in [1.29, 1.82) is 0 Å².